The lowest BCUT2D eigenvalue weighted by Crippen LogP contribution is -2.27. The molecule has 8 nitrogen and oxygen atoms in total. The fourth-order valence-electron chi connectivity index (χ4n) is 5.23. The van der Waals surface area contributed by atoms with Crippen LogP contribution in [0.1, 0.15) is 26.3 Å². The van der Waals surface area contributed by atoms with Gasteiger partial charge in [-0.3, -0.25) is 14.2 Å². The summed E-state index contributed by atoms with van der Waals surface area (Å²) in [4.78, 5) is 19.1. The molecule has 1 aromatic carbocycles. The second-order valence-corrected chi connectivity index (χ2v) is 11.1. The van der Waals surface area contributed by atoms with Gasteiger partial charge in [0.15, 0.2) is 0 Å². The molecule has 4 aromatic heterocycles. The van der Waals surface area contributed by atoms with Crippen LogP contribution in [0.5, 0.6) is 5.75 Å². The molecule has 40 heavy (non-hydrogen) atoms. The van der Waals surface area contributed by atoms with Gasteiger partial charge >= 0.3 is 0 Å². The van der Waals surface area contributed by atoms with Gasteiger partial charge in [0.05, 0.1) is 24.0 Å². The Labute approximate surface area is 235 Å². The summed E-state index contributed by atoms with van der Waals surface area (Å²) in [7, 11) is 1.88. The quantitative estimate of drug-likeness (QED) is 0.226. The average Bonchev–Trinajstić information content (AvgIpc) is 3.74. The van der Waals surface area contributed by atoms with Crippen LogP contribution in [-0.4, -0.2) is 54.5 Å². The van der Waals surface area contributed by atoms with Crippen molar-refractivity contribution < 1.29 is 13.9 Å². The monoisotopic (exact) mass is 556 g/mol. The zero-order valence-electron chi connectivity index (χ0n) is 22.5. The highest BCUT2D eigenvalue weighted by Gasteiger charge is 2.28. The normalized spacial score (nSPS) is 15.3. The molecule has 0 saturated carbocycles. The Hall–Kier alpha value is -4.31. The summed E-state index contributed by atoms with van der Waals surface area (Å²) >= 11 is 1.60. The SMILES string of the molecule is C=CC(=O)N1CC[C@H](n2ccc(-c3nc(-c4cnn(C)c4)c4ccsc4c3-c3ccc(F)cc3OC(C)C)n2)C1. The molecule has 1 saturated heterocycles. The minimum atomic E-state index is -0.368. The number of pyridine rings is 1. The number of halogens is 1. The first-order valence-electron chi connectivity index (χ1n) is 13.2. The smallest absolute Gasteiger partial charge is 0.246 e. The lowest BCUT2D eigenvalue weighted by Gasteiger charge is -2.18. The molecule has 0 N–H and O–H groups in total. The predicted octanol–water partition coefficient (Wildman–Crippen LogP) is 6.11. The van der Waals surface area contributed by atoms with E-state index in [1.54, 1.807) is 33.2 Å². The van der Waals surface area contributed by atoms with E-state index in [-0.39, 0.29) is 23.9 Å². The van der Waals surface area contributed by atoms with Gasteiger partial charge in [-0.05, 0) is 56.0 Å². The van der Waals surface area contributed by atoms with E-state index in [0.717, 1.165) is 38.9 Å². The Morgan fingerprint density at radius 2 is 2.10 bits per heavy atom. The van der Waals surface area contributed by atoms with Crippen molar-refractivity contribution in [3.63, 3.8) is 0 Å². The van der Waals surface area contributed by atoms with Crippen molar-refractivity contribution in [3.8, 4) is 39.5 Å². The molecule has 0 radical (unpaired) electrons. The maximum atomic E-state index is 14.4. The minimum Gasteiger partial charge on any atom is -0.490 e. The standard InChI is InChI=1S/C30H29FN6O2S/c1-5-26(38)36-11-8-21(17-36)37-12-9-24(34-37)29-27(22-7-6-20(31)14-25(22)39-18(2)3)30-23(10-13-40-30)28(33-29)19-15-32-35(4)16-19/h5-7,9-10,12-16,18,21H,1,8,11,17H2,2-4H3/t21-/m0/s1. The highest BCUT2D eigenvalue weighted by atomic mass is 32.1. The number of ether oxygens (including phenoxy) is 1. The van der Waals surface area contributed by atoms with E-state index in [0.29, 0.717) is 30.2 Å². The number of hydrogen-bond acceptors (Lipinski definition) is 6. The van der Waals surface area contributed by atoms with E-state index in [1.165, 1.54) is 18.2 Å². The van der Waals surface area contributed by atoms with Crippen molar-refractivity contribution in [1.82, 2.24) is 29.4 Å². The largest absolute Gasteiger partial charge is 0.490 e. The highest BCUT2D eigenvalue weighted by Crippen LogP contribution is 2.46. The predicted molar refractivity (Wildman–Crippen MR) is 155 cm³/mol. The van der Waals surface area contributed by atoms with Gasteiger partial charge in [-0.15, -0.1) is 11.3 Å². The molecule has 6 rings (SSSR count). The Morgan fingerprint density at radius 3 is 2.85 bits per heavy atom. The Morgan fingerprint density at radius 1 is 1.25 bits per heavy atom. The summed E-state index contributed by atoms with van der Waals surface area (Å²) in [5.74, 6) is 0.0141. The highest BCUT2D eigenvalue weighted by molar-refractivity contribution is 7.18. The van der Waals surface area contributed by atoms with Crippen LogP contribution in [0.4, 0.5) is 4.39 Å². The molecule has 10 heteroatoms. The van der Waals surface area contributed by atoms with E-state index in [9.17, 15) is 9.18 Å². The van der Waals surface area contributed by atoms with Crippen molar-refractivity contribution in [3.05, 3.63) is 72.8 Å². The van der Waals surface area contributed by atoms with E-state index in [1.807, 2.05) is 49.4 Å². The molecular weight excluding hydrogens is 527 g/mol. The van der Waals surface area contributed by atoms with Gasteiger partial charge in [0.2, 0.25) is 5.91 Å². The van der Waals surface area contributed by atoms with Crippen LogP contribution in [0.3, 0.4) is 0 Å². The van der Waals surface area contributed by atoms with Crippen LogP contribution in [-0.2, 0) is 11.8 Å². The summed E-state index contributed by atoms with van der Waals surface area (Å²) in [5, 5.41) is 12.3. The second kappa shape index (κ2) is 10.3. The molecule has 5 aromatic rings. The number of aromatic nitrogens is 5. The molecule has 0 aliphatic carbocycles. The first-order valence-corrected chi connectivity index (χ1v) is 14.0. The zero-order chi connectivity index (χ0) is 28.0. The molecule has 1 fully saturated rings. The maximum Gasteiger partial charge on any atom is 0.246 e. The number of carbonyl (C=O) groups is 1. The van der Waals surface area contributed by atoms with Crippen molar-refractivity contribution in [1.29, 1.82) is 0 Å². The Kier molecular flexibility index (Phi) is 6.71. The number of thiophene rings is 1. The number of rotatable bonds is 7. The number of likely N-dealkylation sites (tertiary alicyclic amines) is 1. The van der Waals surface area contributed by atoms with Gasteiger partial charge in [-0.2, -0.15) is 10.2 Å². The number of fused-ring (bicyclic) bond motifs is 1. The maximum absolute atomic E-state index is 14.4. The van der Waals surface area contributed by atoms with Crippen LogP contribution in [0.25, 0.3) is 43.9 Å². The van der Waals surface area contributed by atoms with Crippen LogP contribution in [0.2, 0.25) is 0 Å². The molecule has 0 unspecified atom stereocenters. The molecule has 1 amide bonds. The lowest BCUT2D eigenvalue weighted by molar-refractivity contribution is -0.125. The third-order valence-electron chi connectivity index (χ3n) is 7.04. The van der Waals surface area contributed by atoms with Crippen LogP contribution < -0.4 is 4.74 Å². The number of benzene rings is 1. The summed E-state index contributed by atoms with van der Waals surface area (Å²) in [6.07, 6.45) is 7.69. The van der Waals surface area contributed by atoms with Gasteiger partial charge in [0.25, 0.3) is 0 Å². The molecule has 1 aliphatic rings. The molecule has 204 valence electrons. The van der Waals surface area contributed by atoms with Crippen molar-refractivity contribution >= 4 is 27.3 Å². The van der Waals surface area contributed by atoms with Crippen LogP contribution in [0, 0.1) is 5.82 Å². The fraction of sp³-hybridized carbons (Fsp3) is 0.267. The summed E-state index contributed by atoms with van der Waals surface area (Å²) in [6, 6.07) is 8.68. The number of aryl methyl sites for hydroxylation is 1. The summed E-state index contributed by atoms with van der Waals surface area (Å²) in [6.45, 7) is 8.68. The molecule has 5 heterocycles. The fourth-order valence-corrected chi connectivity index (χ4v) is 6.19. The van der Waals surface area contributed by atoms with Gasteiger partial charge in [-0.25, -0.2) is 9.37 Å². The lowest BCUT2D eigenvalue weighted by atomic mass is 9.97. The average molecular weight is 557 g/mol. The van der Waals surface area contributed by atoms with Crippen LogP contribution >= 0.6 is 11.3 Å². The number of carbonyl (C=O) groups excluding carboxylic acids is 1. The summed E-state index contributed by atoms with van der Waals surface area (Å²) in [5.41, 5.74) is 4.64. The number of nitrogens with zero attached hydrogens (tertiary/aromatic N) is 6. The van der Waals surface area contributed by atoms with E-state index in [2.05, 4.69) is 17.7 Å². The van der Waals surface area contributed by atoms with Gasteiger partial charge in [-0.1, -0.05) is 6.58 Å². The zero-order valence-corrected chi connectivity index (χ0v) is 23.4. The number of hydrogen-bond donors (Lipinski definition) is 0. The third kappa shape index (κ3) is 4.68. The van der Waals surface area contributed by atoms with Crippen molar-refractivity contribution in [2.24, 2.45) is 7.05 Å². The third-order valence-corrected chi connectivity index (χ3v) is 7.97. The molecular formula is C30H29FN6O2S. The molecule has 0 spiro atoms. The van der Waals surface area contributed by atoms with Gasteiger partial charge < -0.3 is 9.64 Å². The van der Waals surface area contributed by atoms with E-state index < -0.39 is 0 Å². The van der Waals surface area contributed by atoms with E-state index >= 15 is 0 Å². The first-order chi connectivity index (χ1) is 19.3. The first kappa shape index (κ1) is 25.9. The van der Waals surface area contributed by atoms with Crippen LogP contribution in [0.15, 0.2) is 67.0 Å². The van der Waals surface area contributed by atoms with E-state index in [4.69, 9.17) is 14.8 Å². The van der Waals surface area contributed by atoms with Gasteiger partial charge in [0, 0.05) is 65.4 Å². The van der Waals surface area contributed by atoms with Crippen molar-refractivity contribution in [2.45, 2.75) is 32.4 Å². The Balaban J connectivity index is 1.55. The number of amides is 1. The van der Waals surface area contributed by atoms with Gasteiger partial charge in [0.1, 0.15) is 23.0 Å². The van der Waals surface area contributed by atoms with Crippen molar-refractivity contribution in [2.75, 3.05) is 13.1 Å². The minimum absolute atomic E-state index is 0.0509. The molecule has 0 bridgehead atoms. The second-order valence-electron chi connectivity index (χ2n) is 10.2. The summed E-state index contributed by atoms with van der Waals surface area (Å²) < 4.78 is 25.2. The Bertz CT molecular complexity index is 1740. The molecule has 1 atom stereocenters. The topological polar surface area (TPSA) is 78.1 Å². The molecule has 1 aliphatic heterocycles.